The number of nitrogens with zero attached hydrogens (tertiary/aromatic N) is 1. The van der Waals surface area contributed by atoms with Gasteiger partial charge in [0.15, 0.2) is 0 Å². The van der Waals surface area contributed by atoms with Gasteiger partial charge in [-0.15, -0.1) is 0 Å². The van der Waals surface area contributed by atoms with E-state index in [2.05, 4.69) is 25.7 Å². The lowest BCUT2D eigenvalue weighted by Crippen LogP contribution is -2.24. The van der Waals surface area contributed by atoms with Gasteiger partial charge < -0.3 is 4.90 Å². The fraction of sp³-hybridized carbons (Fsp3) is 0.400. The molecule has 2 aromatic carbocycles. The fourth-order valence-electron chi connectivity index (χ4n) is 2.80. The van der Waals surface area contributed by atoms with E-state index in [-0.39, 0.29) is 0 Å². The Balaban J connectivity index is 2.06. The maximum atomic E-state index is 13.8. The zero-order valence-corrected chi connectivity index (χ0v) is 14.2. The van der Waals surface area contributed by atoms with E-state index in [0.717, 1.165) is 37.7 Å². The van der Waals surface area contributed by atoms with Crippen molar-refractivity contribution in [2.24, 2.45) is 0 Å². The Morgan fingerprint density at radius 1 is 0.957 bits per heavy atom. The Bertz CT molecular complexity index is 618. The highest BCUT2D eigenvalue weighted by atomic mass is 19.1. The van der Waals surface area contributed by atoms with Crippen LogP contribution in [-0.2, 0) is 0 Å². The SMILES string of the molecule is CCN(CC)CCC(C)c1ccc(-c2ccc(F)cc2F)cc1. The van der Waals surface area contributed by atoms with Gasteiger partial charge in [0, 0.05) is 11.6 Å². The molecule has 0 amide bonds. The Labute approximate surface area is 137 Å². The first kappa shape index (κ1) is 17.6. The first-order valence-corrected chi connectivity index (χ1v) is 8.32. The molecule has 0 radical (unpaired) electrons. The molecule has 1 nitrogen and oxygen atoms in total. The maximum Gasteiger partial charge on any atom is 0.133 e. The molecule has 0 aromatic heterocycles. The monoisotopic (exact) mass is 317 g/mol. The zero-order valence-electron chi connectivity index (χ0n) is 14.2. The van der Waals surface area contributed by atoms with Gasteiger partial charge in [0.2, 0.25) is 0 Å². The van der Waals surface area contributed by atoms with Gasteiger partial charge in [-0.05, 0) is 55.2 Å². The average Bonchev–Trinajstić information content (AvgIpc) is 2.56. The van der Waals surface area contributed by atoms with Gasteiger partial charge in [-0.3, -0.25) is 0 Å². The molecule has 2 rings (SSSR count). The second-order valence-corrected chi connectivity index (χ2v) is 5.96. The number of rotatable bonds is 7. The first-order chi connectivity index (χ1) is 11.0. The molecule has 0 aliphatic heterocycles. The molecule has 0 bridgehead atoms. The normalized spacial score (nSPS) is 12.6. The third kappa shape index (κ3) is 4.61. The lowest BCUT2D eigenvalue weighted by atomic mass is 9.95. The van der Waals surface area contributed by atoms with Gasteiger partial charge >= 0.3 is 0 Å². The van der Waals surface area contributed by atoms with Crippen molar-refractivity contribution in [2.75, 3.05) is 19.6 Å². The van der Waals surface area contributed by atoms with Crippen LogP contribution in [0.4, 0.5) is 8.78 Å². The summed E-state index contributed by atoms with van der Waals surface area (Å²) in [6.45, 7) is 9.82. The Morgan fingerprint density at radius 2 is 1.61 bits per heavy atom. The quantitative estimate of drug-likeness (QED) is 0.655. The topological polar surface area (TPSA) is 3.24 Å². The molecule has 0 saturated carbocycles. The summed E-state index contributed by atoms with van der Waals surface area (Å²) in [7, 11) is 0. The molecule has 3 heteroatoms. The van der Waals surface area contributed by atoms with Crippen LogP contribution in [-0.4, -0.2) is 24.5 Å². The smallest absolute Gasteiger partial charge is 0.133 e. The van der Waals surface area contributed by atoms with Crippen molar-refractivity contribution in [3.05, 3.63) is 59.7 Å². The van der Waals surface area contributed by atoms with Crippen LogP contribution >= 0.6 is 0 Å². The van der Waals surface area contributed by atoms with E-state index >= 15 is 0 Å². The molecule has 0 heterocycles. The van der Waals surface area contributed by atoms with E-state index in [1.165, 1.54) is 17.7 Å². The van der Waals surface area contributed by atoms with Crippen LogP contribution in [0.15, 0.2) is 42.5 Å². The van der Waals surface area contributed by atoms with E-state index in [0.29, 0.717) is 11.5 Å². The van der Waals surface area contributed by atoms with E-state index in [1.807, 2.05) is 24.3 Å². The molecule has 124 valence electrons. The fourth-order valence-corrected chi connectivity index (χ4v) is 2.80. The molecule has 0 spiro atoms. The Hall–Kier alpha value is -1.74. The molecule has 0 saturated heterocycles. The molecule has 1 atom stereocenters. The van der Waals surface area contributed by atoms with Gasteiger partial charge in [-0.1, -0.05) is 45.0 Å². The van der Waals surface area contributed by atoms with E-state index in [4.69, 9.17) is 0 Å². The van der Waals surface area contributed by atoms with Crippen LogP contribution in [0.5, 0.6) is 0 Å². The summed E-state index contributed by atoms with van der Waals surface area (Å²) >= 11 is 0. The predicted molar refractivity (Wildman–Crippen MR) is 92.6 cm³/mol. The average molecular weight is 317 g/mol. The van der Waals surface area contributed by atoms with Crippen LogP contribution in [0.3, 0.4) is 0 Å². The summed E-state index contributed by atoms with van der Waals surface area (Å²) in [5.74, 6) is -0.608. The van der Waals surface area contributed by atoms with Crippen LogP contribution in [0.2, 0.25) is 0 Å². The zero-order chi connectivity index (χ0) is 16.8. The summed E-state index contributed by atoms with van der Waals surface area (Å²) in [5.41, 5.74) is 2.47. The second-order valence-electron chi connectivity index (χ2n) is 5.96. The van der Waals surface area contributed by atoms with Crippen LogP contribution < -0.4 is 0 Å². The predicted octanol–water partition coefficient (Wildman–Crippen LogP) is 5.47. The molecule has 0 aliphatic carbocycles. The summed E-state index contributed by atoms with van der Waals surface area (Å²) in [6, 6.07) is 11.6. The molecule has 0 fully saturated rings. The number of hydrogen-bond donors (Lipinski definition) is 0. The molecule has 2 aromatic rings. The molecule has 0 aliphatic rings. The third-order valence-electron chi connectivity index (χ3n) is 4.49. The molecular weight excluding hydrogens is 292 g/mol. The van der Waals surface area contributed by atoms with Crippen molar-refractivity contribution in [3.8, 4) is 11.1 Å². The van der Waals surface area contributed by atoms with Crippen LogP contribution in [0.25, 0.3) is 11.1 Å². The lowest BCUT2D eigenvalue weighted by Gasteiger charge is -2.21. The first-order valence-electron chi connectivity index (χ1n) is 8.32. The molecule has 1 unspecified atom stereocenters. The maximum absolute atomic E-state index is 13.8. The van der Waals surface area contributed by atoms with Gasteiger partial charge in [0.05, 0.1) is 0 Å². The number of halogens is 2. The number of benzene rings is 2. The Kier molecular flexibility index (Phi) is 6.28. The van der Waals surface area contributed by atoms with E-state index < -0.39 is 11.6 Å². The van der Waals surface area contributed by atoms with E-state index in [1.54, 1.807) is 0 Å². The third-order valence-corrected chi connectivity index (χ3v) is 4.49. The van der Waals surface area contributed by atoms with Crippen molar-refractivity contribution in [2.45, 2.75) is 33.1 Å². The summed E-state index contributed by atoms with van der Waals surface area (Å²) in [6.07, 6.45) is 1.10. The van der Waals surface area contributed by atoms with Crippen molar-refractivity contribution >= 4 is 0 Å². The van der Waals surface area contributed by atoms with Crippen molar-refractivity contribution in [1.82, 2.24) is 4.90 Å². The lowest BCUT2D eigenvalue weighted by molar-refractivity contribution is 0.292. The summed E-state index contributed by atoms with van der Waals surface area (Å²) < 4.78 is 26.8. The van der Waals surface area contributed by atoms with E-state index in [9.17, 15) is 8.78 Å². The van der Waals surface area contributed by atoms with Crippen molar-refractivity contribution in [1.29, 1.82) is 0 Å². The van der Waals surface area contributed by atoms with Gasteiger partial charge in [0.25, 0.3) is 0 Å². The standard InChI is InChI=1S/C20H25F2N/c1-4-23(5-2)13-12-15(3)16-6-8-17(9-7-16)19-11-10-18(21)14-20(19)22/h6-11,14-15H,4-5,12-13H2,1-3H3. The minimum atomic E-state index is -0.548. The largest absolute Gasteiger partial charge is 0.304 e. The highest BCUT2D eigenvalue weighted by Crippen LogP contribution is 2.26. The van der Waals surface area contributed by atoms with Gasteiger partial charge in [0.1, 0.15) is 11.6 Å². The minimum absolute atomic E-state index is 0.439. The molecular formula is C20H25F2N. The van der Waals surface area contributed by atoms with Crippen LogP contribution in [0.1, 0.15) is 38.7 Å². The van der Waals surface area contributed by atoms with Crippen molar-refractivity contribution in [3.63, 3.8) is 0 Å². The van der Waals surface area contributed by atoms with Crippen molar-refractivity contribution < 1.29 is 8.78 Å². The van der Waals surface area contributed by atoms with Gasteiger partial charge in [-0.2, -0.15) is 0 Å². The summed E-state index contributed by atoms with van der Waals surface area (Å²) in [4.78, 5) is 2.42. The molecule has 23 heavy (non-hydrogen) atoms. The second kappa shape index (κ2) is 8.21. The highest BCUT2D eigenvalue weighted by Gasteiger charge is 2.10. The summed E-state index contributed by atoms with van der Waals surface area (Å²) in [5, 5.41) is 0. The number of hydrogen-bond acceptors (Lipinski definition) is 1. The Morgan fingerprint density at radius 3 is 2.17 bits per heavy atom. The van der Waals surface area contributed by atoms with Crippen LogP contribution in [0, 0.1) is 11.6 Å². The highest BCUT2D eigenvalue weighted by molar-refractivity contribution is 5.64. The minimum Gasteiger partial charge on any atom is -0.304 e. The van der Waals surface area contributed by atoms with Gasteiger partial charge in [-0.25, -0.2) is 8.78 Å². The molecule has 0 N–H and O–H groups in total.